The van der Waals surface area contributed by atoms with Crippen molar-refractivity contribution < 1.29 is 19.1 Å². The minimum absolute atomic E-state index is 0.0311. The van der Waals surface area contributed by atoms with Gasteiger partial charge in [-0.3, -0.25) is 9.59 Å². The number of fused-ring (bicyclic) bond motifs is 3. The molecule has 176 valence electrons. The number of carboxylic acid groups (broad SMARTS) is 1. The van der Waals surface area contributed by atoms with Crippen molar-refractivity contribution in [3.8, 4) is 0 Å². The van der Waals surface area contributed by atoms with Crippen LogP contribution in [0.5, 0.6) is 0 Å². The zero-order valence-corrected chi connectivity index (χ0v) is 19.5. The maximum Gasteiger partial charge on any atom is 0.342 e. The molecule has 1 aromatic carbocycles. The number of aromatic carboxylic acids is 1. The molecule has 2 aromatic rings. The number of halogens is 1. The zero-order valence-electron chi connectivity index (χ0n) is 18.7. The molecule has 1 saturated heterocycles. The summed E-state index contributed by atoms with van der Waals surface area (Å²) in [6.45, 7) is 6.55. The molecule has 1 unspecified atom stereocenters. The summed E-state index contributed by atoms with van der Waals surface area (Å²) < 4.78 is 16.5. The first-order chi connectivity index (χ1) is 15.2. The van der Waals surface area contributed by atoms with E-state index in [4.69, 9.17) is 5.73 Å². The van der Waals surface area contributed by atoms with Crippen molar-refractivity contribution in [1.82, 2.24) is 14.8 Å². The van der Waals surface area contributed by atoms with Crippen LogP contribution < -0.4 is 21.4 Å². The van der Waals surface area contributed by atoms with Gasteiger partial charge >= 0.3 is 5.97 Å². The second kappa shape index (κ2) is 11.3. The molecule has 1 fully saturated rings. The molecule has 1 amide bonds. The van der Waals surface area contributed by atoms with E-state index in [1.54, 1.807) is 15.5 Å². The Morgan fingerprint density at radius 2 is 1.88 bits per heavy atom. The van der Waals surface area contributed by atoms with Gasteiger partial charge < -0.3 is 30.5 Å². The summed E-state index contributed by atoms with van der Waals surface area (Å²) in [5.41, 5.74) is 4.79. The number of nitrogens with zero attached hydrogens (tertiary/aromatic N) is 3. The summed E-state index contributed by atoms with van der Waals surface area (Å²) in [5.74, 6) is -1.86. The van der Waals surface area contributed by atoms with Crippen molar-refractivity contribution in [2.45, 2.75) is 24.2 Å². The lowest BCUT2D eigenvalue weighted by molar-refractivity contribution is -0.118. The van der Waals surface area contributed by atoms with Crippen molar-refractivity contribution in [2.24, 2.45) is 5.73 Å². The van der Waals surface area contributed by atoms with E-state index in [0.29, 0.717) is 42.4 Å². The van der Waals surface area contributed by atoms with Crippen LogP contribution in [0.25, 0.3) is 10.9 Å². The molecule has 0 saturated carbocycles. The largest absolute Gasteiger partial charge is 0.477 e. The number of hydrogen-bond donors (Lipinski definition) is 3. The summed E-state index contributed by atoms with van der Waals surface area (Å²) >= 11 is 1.32. The molecule has 2 aliphatic rings. The summed E-state index contributed by atoms with van der Waals surface area (Å²) in [6, 6.07) is 2.75. The number of carbonyl (C=O) groups excluding carboxylic acids is 1. The van der Waals surface area contributed by atoms with Gasteiger partial charge in [-0.05, 0) is 39.7 Å². The predicted molar refractivity (Wildman–Crippen MR) is 125 cm³/mol. The number of benzene rings is 1. The van der Waals surface area contributed by atoms with Crippen molar-refractivity contribution in [1.29, 1.82) is 0 Å². The van der Waals surface area contributed by atoms with Crippen LogP contribution in [0.4, 0.5) is 10.1 Å². The van der Waals surface area contributed by atoms with E-state index in [0.717, 1.165) is 19.0 Å². The predicted octanol–water partition coefficient (Wildman–Crippen LogP) is 1.54. The number of nitrogens with one attached hydrogen (secondary N) is 1. The van der Waals surface area contributed by atoms with E-state index in [2.05, 4.69) is 5.32 Å². The third-order valence-electron chi connectivity index (χ3n) is 4.89. The molecule has 9 nitrogen and oxygen atoms in total. The highest BCUT2D eigenvalue weighted by molar-refractivity contribution is 8.00. The molecule has 2 aliphatic heterocycles. The van der Waals surface area contributed by atoms with E-state index >= 15 is 0 Å². The molecule has 4 rings (SSSR count). The first-order valence-electron chi connectivity index (χ1n) is 10.3. The Morgan fingerprint density at radius 3 is 2.34 bits per heavy atom. The Morgan fingerprint density at radius 1 is 1.31 bits per heavy atom. The van der Waals surface area contributed by atoms with Crippen LogP contribution in [0.1, 0.15) is 29.6 Å². The van der Waals surface area contributed by atoms with Gasteiger partial charge in [-0.15, -0.1) is 0 Å². The fourth-order valence-electron chi connectivity index (χ4n) is 3.53. The highest BCUT2D eigenvalue weighted by Gasteiger charge is 2.33. The van der Waals surface area contributed by atoms with Gasteiger partial charge in [0.1, 0.15) is 11.4 Å². The molecule has 1 aromatic heterocycles. The van der Waals surface area contributed by atoms with Crippen LogP contribution in [-0.4, -0.2) is 73.8 Å². The van der Waals surface area contributed by atoms with Crippen molar-refractivity contribution in [3.05, 3.63) is 33.7 Å². The van der Waals surface area contributed by atoms with Gasteiger partial charge in [0.2, 0.25) is 11.8 Å². The maximum absolute atomic E-state index is 14.7. The second-order valence-electron chi connectivity index (χ2n) is 7.26. The van der Waals surface area contributed by atoms with Gasteiger partial charge in [0.05, 0.1) is 21.6 Å². The standard InChI is InChI=1S/C17H16FN3O4S.2C2H7N/c1-9-21-12-7-13(20-4-2-19(8-22)3-5-20)11(18)6-10(12)15(23)14(17(24)25)16(21)26-9;1-3-2;1-2-3/h6-9H,2-5H2,1H3,(H,24,25);3H,1-2H3;2-3H2,1H3. The Labute approximate surface area is 190 Å². The number of anilines is 1. The van der Waals surface area contributed by atoms with E-state index in [1.807, 2.05) is 32.8 Å². The number of rotatable bonds is 3. The highest BCUT2D eigenvalue weighted by Crippen LogP contribution is 2.46. The molecule has 0 radical (unpaired) electrons. The Bertz CT molecular complexity index is 1040. The molecule has 3 heterocycles. The SMILES string of the molecule is CC1Sc2c(C(=O)O)c(=O)c3cc(F)c(N4CCN(C=O)CC4)cc3n21.CCN.CNC. The first-order valence-corrected chi connectivity index (χ1v) is 11.2. The quantitative estimate of drug-likeness (QED) is 0.582. The lowest BCUT2D eigenvalue weighted by Crippen LogP contribution is -2.46. The third-order valence-corrected chi connectivity index (χ3v) is 6.07. The lowest BCUT2D eigenvalue weighted by atomic mass is 10.1. The summed E-state index contributed by atoms with van der Waals surface area (Å²) in [6.07, 6.45) is 0.780. The number of aromatic nitrogens is 1. The fourth-order valence-corrected chi connectivity index (χ4v) is 4.69. The van der Waals surface area contributed by atoms with Gasteiger partial charge in [-0.25, -0.2) is 9.18 Å². The summed E-state index contributed by atoms with van der Waals surface area (Å²) in [7, 11) is 3.75. The van der Waals surface area contributed by atoms with Crippen LogP contribution in [-0.2, 0) is 4.79 Å². The number of pyridine rings is 1. The second-order valence-corrected chi connectivity index (χ2v) is 8.56. The fraction of sp³-hybridized carbons (Fsp3) is 0.476. The highest BCUT2D eigenvalue weighted by atomic mass is 32.2. The van der Waals surface area contributed by atoms with Crippen molar-refractivity contribution in [2.75, 3.05) is 51.7 Å². The molecule has 0 spiro atoms. The number of amides is 1. The average Bonchev–Trinajstić information content (AvgIpc) is 2.74. The van der Waals surface area contributed by atoms with Gasteiger partial charge in [-0.2, -0.15) is 0 Å². The molecule has 32 heavy (non-hydrogen) atoms. The molecular weight excluding hydrogens is 437 g/mol. The molecule has 0 bridgehead atoms. The number of carboxylic acids is 1. The smallest absolute Gasteiger partial charge is 0.342 e. The van der Waals surface area contributed by atoms with Gasteiger partial charge in [0, 0.05) is 31.6 Å². The molecule has 11 heteroatoms. The van der Waals surface area contributed by atoms with Crippen molar-refractivity contribution in [3.63, 3.8) is 0 Å². The topological polar surface area (TPSA) is 121 Å². The van der Waals surface area contributed by atoms with Crippen LogP contribution >= 0.6 is 11.8 Å². The summed E-state index contributed by atoms with van der Waals surface area (Å²) in [5, 5.41) is 12.6. The Balaban J connectivity index is 0.000000547. The van der Waals surface area contributed by atoms with Crippen molar-refractivity contribution >= 4 is 40.7 Å². The number of nitrogens with two attached hydrogens (primary N) is 1. The van der Waals surface area contributed by atoms with E-state index in [1.165, 1.54) is 11.8 Å². The monoisotopic (exact) mass is 467 g/mol. The average molecular weight is 468 g/mol. The van der Waals surface area contributed by atoms with Gasteiger partial charge in [0.15, 0.2) is 0 Å². The number of hydrogen-bond acceptors (Lipinski definition) is 7. The number of thioether (sulfide) groups is 1. The van der Waals surface area contributed by atoms with Crippen LogP contribution in [0.3, 0.4) is 0 Å². The van der Waals surface area contributed by atoms with E-state index in [9.17, 15) is 23.9 Å². The molecule has 4 N–H and O–H groups in total. The maximum atomic E-state index is 14.7. The van der Waals surface area contributed by atoms with E-state index in [-0.39, 0.29) is 16.3 Å². The molecular formula is C21H30FN5O4S. The van der Waals surface area contributed by atoms with Crippen LogP contribution in [0.2, 0.25) is 0 Å². The Hall–Kier alpha value is -2.63. The number of carbonyl (C=O) groups is 2. The van der Waals surface area contributed by atoms with Gasteiger partial charge in [-0.1, -0.05) is 18.7 Å². The normalized spacial score (nSPS) is 16.8. The summed E-state index contributed by atoms with van der Waals surface area (Å²) in [4.78, 5) is 38.4. The third kappa shape index (κ3) is 5.05. The van der Waals surface area contributed by atoms with E-state index < -0.39 is 17.2 Å². The molecule has 1 atom stereocenters. The minimum atomic E-state index is -1.30. The zero-order chi connectivity index (χ0) is 24.0. The van der Waals surface area contributed by atoms with Crippen LogP contribution in [0.15, 0.2) is 22.0 Å². The van der Waals surface area contributed by atoms with Crippen LogP contribution in [0, 0.1) is 5.82 Å². The number of piperazine rings is 1. The Kier molecular flexibility index (Phi) is 9.05. The molecule has 0 aliphatic carbocycles. The minimum Gasteiger partial charge on any atom is -0.477 e. The lowest BCUT2D eigenvalue weighted by Gasteiger charge is -2.36. The first kappa shape index (κ1) is 25.6. The van der Waals surface area contributed by atoms with Gasteiger partial charge in [0.25, 0.3) is 0 Å².